The number of hydrogen-bond acceptors (Lipinski definition) is 6. The Labute approximate surface area is 163 Å². The molecular weight excluding hydrogens is 354 g/mol. The van der Waals surface area contributed by atoms with Crippen molar-refractivity contribution < 1.29 is 4.74 Å². The van der Waals surface area contributed by atoms with E-state index in [2.05, 4.69) is 44.5 Å². The van der Waals surface area contributed by atoms with Gasteiger partial charge in [-0.05, 0) is 17.2 Å². The first-order valence-electron chi connectivity index (χ1n) is 9.40. The molecule has 144 valence electrons. The number of ether oxygens (including phenoxy) is 1. The lowest BCUT2D eigenvalue weighted by Crippen LogP contribution is -2.36. The van der Waals surface area contributed by atoms with Gasteiger partial charge in [-0.1, -0.05) is 30.3 Å². The summed E-state index contributed by atoms with van der Waals surface area (Å²) in [5.41, 5.74) is 2.25. The Morgan fingerprint density at radius 2 is 1.79 bits per heavy atom. The van der Waals surface area contributed by atoms with E-state index in [9.17, 15) is 4.79 Å². The molecule has 0 amide bonds. The minimum atomic E-state index is 0.00748. The monoisotopic (exact) mass is 377 g/mol. The predicted octanol–water partition coefficient (Wildman–Crippen LogP) is 2.14. The molecule has 7 heteroatoms. The van der Waals surface area contributed by atoms with Crippen LogP contribution in [0.25, 0.3) is 0 Å². The fraction of sp³-hybridized carbons (Fsp3) is 0.286. The average Bonchev–Trinajstić information content (AvgIpc) is 2.76. The number of anilines is 2. The minimum absolute atomic E-state index is 0.00748. The number of pyridine rings is 1. The number of rotatable bonds is 6. The first kappa shape index (κ1) is 18.2. The van der Waals surface area contributed by atoms with E-state index in [0.29, 0.717) is 13.1 Å². The highest BCUT2D eigenvalue weighted by atomic mass is 16.5. The van der Waals surface area contributed by atoms with Crippen molar-refractivity contribution in [1.82, 2.24) is 14.5 Å². The maximum atomic E-state index is 11.8. The molecule has 1 N–H and O–H groups in total. The molecule has 0 unspecified atom stereocenters. The highest BCUT2D eigenvalue weighted by Crippen LogP contribution is 2.16. The Hall–Kier alpha value is -3.19. The lowest BCUT2D eigenvalue weighted by Gasteiger charge is -2.27. The van der Waals surface area contributed by atoms with E-state index < -0.39 is 0 Å². The second kappa shape index (κ2) is 8.67. The van der Waals surface area contributed by atoms with Crippen LogP contribution in [-0.2, 0) is 17.8 Å². The number of nitrogens with zero attached hydrogens (tertiary/aromatic N) is 4. The average molecular weight is 377 g/mol. The topological polar surface area (TPSA) is 72.3 Å². The van der Waals surface area contributed by atoms with Crippen LogP contribution in [0.1, 0.15) is 11.1 Å². The summed E-state index contributed by atoms with van der Waals surface area (Å²) in [7, 11) is 0. The van der Waals surface area contributed by atoms with Gasteiger partial charge < -0.3 is 19.5 Å². The molecular formula is C21H23N5O2. The minimum Gasteiger partial charge on any atom is -0.378 e. The molecule has 3 heterocycles. The Morgan fingerprint density at radius 1 is 1.00 bits per heavy atom. The molecule has 0 aliphatic carbocycles. The molecule has 4 rings (SSSR count). The van der Waals surface area contributed by atoms with Crippen LogP contribution in [0.2, 0.25) is 0 Å². The molecule has 7 nitrogen and oxygen atoms in total. The van der Waals surface area contributed by atoms with Gasteiger partial charge in [-0.15, -0.1) is 0 Å². The van der Waals surface area contributed by atoms with Crippen molar-refractivity contribution in [3.63, 3.8) is 0 Å². The number of morpholine rings is 1. The molecule has 0 radical (unpaired) electrons. The van der Waals surface area contributed by atoms with Crippen molar-refractivity contribution in [2.75, 3.05) is 36.5 Å². The van der Waals surface area contributed by atoms with Crippen LogP contribution in [-0.4, -0.2) is 40.8 Å². The zero-order valence-corrected chi connectivity index (χ0v) is 15.6. The summed E-state index contributed by atoms with van der Waals surface area (Å²) < 4.78 is 7.09. The lowest BCUT2D eigenvalue weighted by molar-refractivity contribution is 0.122. The van der Waals surface area contributed by atoms with Gasteiger partial charge in [-0.25, -0.2) is 9.97 Å². The second-order valence-corrected chi connectivity index (χ2v) is 6.70. The van der Waals surface area contributed by atoms with Gasteiger partial charge in [0.15, 0.2) is 0 Å². The van der Waals surface area contributed by atoms with Crippen LogP contribution >= 0.6 is 0 Å². The smallest absolute Gasteiger partial charge is 0.250 e. The molecule has 1 aliphatic rings. The van der Waals surface area contributed by atoms with Crippen LogP contribution in [0.4, 0.5) is 11.6 Å². The summed E-state index contributed by atoms with van der Waals surface area (Å²) >= 11 is 0. The summed E-state index contributed by atoms with van der Waals surface area (Å²) in [6, 6.07) is 15.4. The quantitative estimate of drug-likeness (QED) is 0.710. The summed E-state index contributed by atoms with van der Waals surface area (Å²) in [5, 5.41) is 3.35. The standard InChI is InChI=1S/C21H23N5O2/c27-21-3-1-2-8-26(21)15-18-6-4-17(5-7-18)14-22-19-13-20(24-16-23-19)25-9-11-28-12-10-25/h1-8,13,16H,9-12,14-15H2,(H,22,23,24). The zero-order valence-electron chi connectivity index (χ0n) is 15.6. The number of nitrogens with one attached hydrogen (secondary N) is 1. The molecule has 1 fully saturated rings. The van der Waals surface area contributed by atoms with Crippen molar-refractivity contribution in [1.29, 1.82) is 0 Å². The SMILES string of the molecule is O=c1ccccn1Cc1ccc(CNc2cc(N3CCOCC3)ncn2)cc1. The van der Waals surface area contributed by atoms with Gasteiger partial charge in [-0.2, -0.15) is 0 Å². The van der Waals surface area contributed by atoms with E-state index in [1.54, 1.807) is 29.2 Å². The third kappa shape index (κ3) is 4.55. The Bertz CT molecular complexity index is 965. The van der Waals surface area contributed by atoms with E-state index in [1.807, 2.05) is 12.1 Å². The molecule has 1 aromatic carbocycles. The van der Waals surface area contributed by atoms with E-state index in [4.69, 9.17) is 4.74 Å². The van der Waals surface area contributed by atoms with E-state index in [-0.39, 0.29) is 5.56 Å². The van der Waals surface area contributed by atoms with Crippen LogP contribution in [0.3, 0.4) is 0 Å². The third-order valence-corrected chi connectivity index (χ3v) is 4.74. The third-order valence-electron chi connectivity index (χ3n) is 4.74. The second-order valence-electron chi connectivity index (χ2n) is 6.70. The highest BCUT2D eigenvalue weighted by molar-refractivity contribution is 5.49. The van der Waals surface area contributed by atoms with Gasteiger partial charge in [0.2, 0.25) is 0 Å². The summed E-state index contributed by atoms with van der Waals surface area (Å²) in [4.78, 5) is 22.7. The molecule has 0 spiro atoms. The van der Waals surface area contributed by atoms with Crippen molar-refractivity contribution in [3.05, 3.63) is 82.5 Å². The van der Waals surface area contributed by atoms with Crippen LogP contribution in [0.15, 0.2) is 65.8 Å². The van der Waals surface area contributed by atoms with E-state index >= 15 is 0 Å². The van der Waals surface area contributed by atoms with Gasteiger partial charge in [0.1, 0.15) is 18.0 Å². The van der Waals surface area contributed by atoms with Crippen LogP contribution < -0.4 is 15.8 Å². The number of hydrogen-bond donors (Lipinski definition) is 1. The van der Waals surface area contributed by atoms with Gasteiger partial charge in [0.05, 0.1) is 19.8 Å². The Morgan fingerprint density at radius 3 is 2.57 bits per heavy atom. The van der Waals surface area contributed by atoms with Gasteiger partial charge in [0, 0.05) is 38.0 Å². The molecule has 3 aromatic rings. The largest absolute Gasteiger partial charge is 0.378 e. The summed E-state index contributed by atoms with van der Waals surface area (Å²) in [5.74, 6) is 1.72. The lowest BCUT2D eigenvalue weighted by atomic mass is 10.1. The Balaban J connectivity index is 1.36. The first-order valence-corrected chi connectivity index (χ1v) is 9.40. The van der Waals surface area contributed by atoms with E-state index in [1.165, 1.54) is 0 Å². The highest BCUT2D eigenvalue weighted by Gasteiger charge is 2.12. The maximum absolute atomic E-state index is 11.8. The van der Waals surface area contributed by atoms with Crippen molar-refractivity contribution >= 4 is 11.6 Å². The fourth-order valence-corrected chi connectivity index (χ4v) is 3.15. The molecule has 0 atom stereocenters. The van der Waals surface area contributed by atoms with Gasteiger partial charge in [-0.3, -0.25) is 4.79 Å². The maximum Gasteiger partial charge on any atom is 0.250 e. The molecule has 1 aliphatic heterocycles. The van der Waals surface area contributed by atoms with Crippen molar-refractivity contribution in [2.45, 2.75) is 13.1 Å². The van der Waals surface area contributed by atoms with Crippen LogP contribution in [0.5, 0.6) is 0 Å². The molecule has 2 aromatic heterocycles. The fourth-order valence-electron chi connectivity index (χ4n) is 3.15. The van der Waals surface area contributed by atoms with E-state index in [0.717, 1.165) is 49.1 Å². The van der Waals surface area contributed by atoms with Gasteiger partial charge in [0.25, 0.3) is 5.56 Å². The van der Waals surface area contributed by atoms with Crippen molar-refractivity contribution in [3.8, 4) is 0 Å². The normalized spacial score (nSPS) is 14.1. The summed E-state index contributed by atoms with van der Waals surface area (Å²) in [6.07, 6.45) is 3.40. The molecule has 28 heavy (non-hydrogen) atoms. The van der Waals surface area contributed by atoms with Crippen molar-refractivity contribution in [2.24, 2.45) is 0 Å². The molecule has 0 bridgehead atoms. The Kier molecular flexibility index (Phi) is 5.63. The molecule has 1 saturated heterocycles. The number of aromatic nitrogens is 3. The van der Waals surface area contributed by atoms with Crippen LogP contribution in [0, 0.1) is 0 Å². The summed E-state index contributed by atoms with van der Waals surface area (Å²) in [6.45, 7) is 4.40. The molecule has 0 saturated carbocycles. The zero-order chi connectivity index (χ0) is 19.2. The predicted molar refractivity (Wildman–Crippen MR) is 109 cm³/mol. The van der Waals surface area contributed by atoms with Gasteiger partial charge >= 0.3 is 0 Å². The first-order chi connectivity index (χ1) is 13.8. The number of benzene rings is 1.